The van der Waals surface area contributed by atoms with Crippen molar-refractivity contribution in [1.29, 1.82) is 0 Å². The van der Waals surface area contributed by atoms with Crippen LogP contribution < -0.4 is 5.32 Å². The van der Waals surface area contributed by atoms with Gasteiger partial charge in [0.1, 0.15) is 0 Å². The normalized spacial score (nSPS) is 15.4. The fourth-order valence-corrected chi connectivity index (χ4v) is 1.55. The van der Waals surface area contributed by atoms with Crippen molar-refractivity contribution in [2.75, 3.05) is 18.5 Å². The van der Waals surface area contributed by atoms with Crippen LogP contribution in [-0.2, 0) is 4.84 Å². The molecule has 1 N–H and O–H groups in total. The van der Waals surface area contributed by atoms with Crippen molar-refractivity contribution in [3.05, 3.63) is 29.3 Å². The maximum Gasteiger partial charge on any atom is 0.345 e. The summed E-state index contributed by atoms with van der Waals surface area (Å²) in [6, 6.07) is 6.75. The maximum atomic E-state index is 11.6. The van der Waals surface area contributed by atoms with E-state index in [-0.39, 0.29) is 6.03 Å². The van der Waals surface area contributed by atoms with E-state index in [0.717, 1.165) is 6.42 Å². The standard InChI is InChI=1S/C10H11ClN2O2/c11-8-3-1-4-9(7-8)12-10(14)13-5-2-6-15-13/h1,3-4,7H,2,5-6H2,(H,12,14). The Hall–Kier alpha value is -1.26. The van der Waals surface area contributed by atoms with E-state index in [1.807, 2.05) is 0 Å². The van der Waals surface area contributed by atoms with Crippen molar-refractivity contribution in [1.82, 2.24) is 5.06 Å². The Labute approximate surface area is 92.7 Å². The van der Waals surface area contributed by atoms with Crippen molar-refractivity contribution in [3.63, 3.8) is 0 Å². The second kappa shape index (κ2) is 4.51. The highest BCUT2D eigenvalue weighted by Crippen LogP contribution is 2.16. The number of halogens is 1. The Balaban J connectivity index is 1.99. The second-order valence-electron chi connectivity index (χ2n) is 3.23. The molecule has 0 atom stereocenters. The first-order valence-corrected chi connectivity index (χ1v) is 5.10. The third-order valence-corrected chi connectivity index (χ3v) is 2.29. The molecule has 2 amide bonds. The van der Waals surface area contributed by atoms with E-state index >= 15 is 0 Å². The van der Waals surface area contributed by atoms with E-state index in [2.05, 4.69) is 5.32 Å². The molecule has 4 nitrogen and oxygen atoms in total. The van der Waals surface area contributed by atoms with Gasteiger partial charge in [0.05, 0.1) is 13.2 Å². The summed E-state index contributed by atoms with van der Waals surface area (Å²) in [5.41, 5.74) is 0.669. The van der Waals surface area contributed by atoms with Crippen molar-refractivity contribution in [3.8, 4) is 0 Å². The van der Waals surface area contributed by atoms with Gasteiger partial charge < -0.3 is 5.32 Å². The zero-order valence-electron chi connectivity index (χ0n) is 8.07. The Morgan fingerprint density at radius 1 is 1.53 bits per heavy atom. The van der Waals surface area contributed by atoms with Crippen LogP contribution in [0.4, 0.5) is 10.5 Å². The van der Waals surface area contributed by atoms with Crippen LogP contribution in [0.2, 0.25) is 5.02 Å². The predicted molar refractivity (Wildman–Crippen MR) is 57.7 cm³/mol. The van der Waals surface area contributed by atoms with Crippen LogP contribution in [-0.4, -0.2) is 24.2 Å². The van der Waals surface area contributed by atoms with Gasteiger partial charge in [0, 0.05) is 10.7 Å². The van der Waals surface area contributed by atoms with Gasteiger partial charge in [-0.2, -0.15) is 0 Å². The lowest BCUT2D eigenvalue weighted by atomic mass is 10.3. The van der Waals surface area contributed by atoms with Crippen LogP contribution in [0.25, 0.3) is 0 Å². The van der Waals surface area contributed by atoms with Gasteiger partial charge in [-0.25, -0.2) is 9.86 Å². The molecule has 1 saturated heterocycles. The number of rotatable bonds is 1. The Bertz CT molecular complexity index is 364. The molecule has 1 heterocycles. The largest absolute Gasteiger partial charge is 0.345 e. The summed E-state index contributed by atoms with van der Waals surface area (Å²) in [5, 5.41) is 4.62. The predicted octanol–water partition coefficient (Wildman–Crippen LogP) is 2.51. The molecule has 1 aromatic rings. The minimum atomic E-state index is -0.255. The molecule has 1 aliphatic heterocycles. The number of nitrogens with zero attached hydrogens (tertiary/aromatic N) is 1. The number of benzene rings is 1. The van der Waals surface area contributed by atoms with E-state index in [9.17, 15) is 4.79 Å². The number of amides is 2. The highest BCUT2D eigenvalue weighted by Gasteiger charge is 2.18. The summed E-state index contributed by atoms with van der Waals surface area (Å²) in [5.74, 6) is 0. The molecular formula is C10H11ClN2O2. The number of nitrogens with one attached hydrogen (secondary N) is 1. The monoisotopic (exact) mass is 226 g/mol. The second-order valence-corrected chi connectivity index (χ2v) is 3.67. The lowest BCUT2D eigenvalue weighted by molar-refractivity contribution is -0.0614. The lowest BCUT2D eigenvalue weighted by Crippen LogP contribution is -2.31. The molecular weight excluding hydrogens is 216 g/mol. The minimum Gasteiger partial charge on any atom is -0.306 e. The molecule has 0 saturated carbocycles. The van der Waals surface area contributed by atoms with E-state index in [1.54, 1.807) is 24.3 Å². The smallest absolute Gasteiger partial charge is 0.306 e. The van der Waals surface area contributed by atoms with Gasteiger partial charge >= 0.3 is 6.03 Å². The number of anilines is 1. The molecule has 1 aromatic carbocycles. The highest BCUT2D eigenvalue weighted by molar-refractivity contribution is 6.30. The van der Waals surface area contributed by atoms with E-state index in [0.29, 0.717) is 23.9 Å². The van der Waals surface area contributed by atoms with Gasteiger partial charge in [0.15, 0.2) is 0 Å². The molecule has 0 bridgehead atoms. The van der Waals surface area contributed by atoms with E-state index in [4.69, 9.17) is 16.4 Å². The average Bonchev–Trinajstić information content (AvgIpc) is 2.70. The summed E-state index contributed by atoms with van der Waals surface area (Å²) in [6.45, 7) is 1.23. The summed E-state index contributed by atoms with van der Waals surface area (Å²) in [6.07, 6.45) is 0.878. The van der Waals surface area contributed by atoms with Crippen LogP contribution in [0.3, 0.4) is 0 Å². The van der Waals surface area contributed by atoms with Crippen LogP contribution in [0.5, 0.6) is 0 Å². The lowest BCUT2D eigenvalue weighted by Gasteiger charge is -2.14. The van der Waals surface area contributed by atoms with Gasteiger partial charge in [-0.05, 0) is 24.6 Å². The van der Waals surface area contributed by atoms with Gasteiger partial charge in [-0.3, -0.25) is 4.84 Å². The Morgan fingerprint density at radius 3 is 3.07 bits per heavy atom. The van der Waals surface area contributed by atoms with Gasteiger partial charge in [-0.15, -0.1) is 0 Å². The Kier molecular flexibility index (Phi) is 3.08. The molecule has 80 valence electrons. The summed E-state index contributed by atoms with van der Waals surface area (Å²) in [4.78, 5) is 16.7. The third kappa shape index (κ3) is 2.61. The summed E-state index contributed by atoms with van der Waals surface area (Å²) < 4.78 is 0. The molecule has 0 spiro atoms. The molecule has 0 radical (unpaired) electrons. The molecule has 2 rings (SSSR count). The molecule has 0 aromatic heterocycles. The number of carbonyl (C=O) groups is 1. The SMILES string of the molecule is O=C(Nc1cccc(Cl)c1)N1CCCO1. The first-order chi connectivity index (χ1) is 7.25. The molecule has 15 heavy (non-hydrogen) atoms. The van der Waals surface area contributed by atoms with Crippen molar-refractivity contribution < 1.29 is 9.63 Å². The first-order valence-electron chi connectivity index (χ1n) is 4.73. The Morgan fingerprint density at radius 2 is 2.40 bits per heavy atom. The van der Waals surface area contributed by atoms with Gasteiger partial charge in [0.25, 0.3) is 0 Å². The van der Waals surface area contributed by atoms with Crippen molar-refractivity contribution >= 4 is 23.3 Å². The quantitative estimate of drug-likeness (QED) is 0.800. The molecule has 0 unspecified atom stereocenters. The molecule has 5 heteroatoms. The number of urea groups is 1. The highest BCUT2D eigenvalue weighted by atomic mass is 35.5. The zero-order chi connectivity index (χ0) is 10.7. The average molecular weight is 227 g/mol. The first kappa shape index (κ1) is 10.3. The van der Waals surface area contributed by atoms with Gasteiger partial charge in [0.2, 0.25) is 0 Å². The minimum absolute atomic E-state index is 0.255. The number of carbonyl (C=O) groups excluding carboxylic acids is 1. The molecule has 1 aliphatic rings. The van der Waals surface area contributed by atoms with Gasteiger partial charge in [-0.1, -0.05) is 17.7 Å². The van der Waals surface area contributed by atoms with Crippen molar-refractivity contribution in [2.45, 2.75) is 6.42 Å². The third-order valence-electron chi connectivity index (χ3n) is 2.06. The maximum absolute atomic E-state index is 11.6. The number of hydroxylamine groups is 2. The number of hydrogen-bond acceptors (Lipinski definition) is 2. The topological polar surface area (TPSA) is 41.6 Å². The van der Waals surface area contributed by atoms with Crippen LogP contribution in [0, 0.1) is 0 Å². The van der Waals surface area contributed by atoms with Crippen LogP contribution in [0.1, 0.15) is 6.42 Å². The summed E-state index contributed by atoms with van der Waals surface area (Å²) >= 11 is 5.79. The van der Waals surface area contributed by atoms with E-state index in [1.165, 1.54) is 5.06 Å². The van der Waals surface area contributed by atoms with Crippen LogP contribution >= 0.6 is 11.6 Å². The van der Waals surface area contributed by atoms with Crippen LogP contribution in [0.15, 0.2) is 24.3 Å². The van der Waals surface area contributed by atoms with Crippen molar-refractivity contribution in [2.24, 2.45) is 0 Å². The number of hydrogen-bond donors (Lipinski definition) is 1. The zero-order valence-corrected chi connectivity index (χ0v) is 8.83. The fourth-order valence-electron chi connectivity index (χ4n) is 1.36. The molecule has 0 aliphatic carbocycles. The summed E-state index contributed by atoms with van der Waals surface area (Å²) in [7, 11) is 0. The fraction of sp³-hybridized carbons (Fsp3) is 0.300. The molecule has 1 fully saturated rings. The van der Waals surface area contributed by atoms with E-state index < -0.39 is 0 Å².